The van der Waals surface area contributed by atoms with Crippen LogP contribution in [-0.2, 0) is 16.6 Å². The average Bonchev–Trinajstić information content (AvgIpc) is 3.13. The van der Waals surface area contributed by atoms with Gasteiger partial charge in [0, 0.05) is 16.9 Å². The molecule has 0 unspecified atom stereocenters. The van der Waals surface area contributed by atoms with Crippen LogP contribution in [-0.4, -0.2) is 16.1 Å². The summed E-state index contributed by atoms with van der Waals surface area (Å²) >= 11 is 1.41. The van der Waals surface area contributed by atoms with Gasteiger partial charge in [0.15, 0.2) is 0 Å². The van der Waals surface area contributed by atoms with E-state index in [-0.39, 0.29) is 17.7 Å². The second-order valence-corrected chi connectivity index (χ2v) is 8.56. The van der Waals surface area contributed by atoms with Crippen LogP contribution in [0.1, 0.15) is 56.7 Å². The topological polar surface area (TPSA) is 68.0 Å². The molecule has 2 aromatic heterocycles. The number of nitrogens with zero attached hydrogens (tertiary/aromatic N) is 2. The molecule has 25 heavy (non-hydrogen) atoms. The van der Waals surface area contributed by atoms with Crippen LogP contribution in [0.3, 0.4) is 0 Å². The SMILES string of the molecule is CC(C)c1nnc(NC(=O)Cc2coc3ccc(C(C)(C)C)cc23)s1. The van der Waals surface area contributed by atoms with Gasteiger partial charge in [0.1, 0.15) is 10.6 Å². The molecule has 0 spiro atoms. The number of hydrogen-bond donors (Lipinski definition) is 1. The fourth-order valence-electron chi connectivity index (χ4n) is 2.54. The van der Waals surface area contributed by atoms with Crippen molar-refractivity contribution in [1.82, 2.24) is 10.2 Å². The zero-order valence-corrected chi connectivity index (χ0v) is 16.0. The number of amides is 1. The highest BCUT2D eigenvalue weighted by Gasteiger charge is 2.18. The second kappa shape index (κ2) is 6.59. The third-order valence-electron chi connectivity index (χ3n) is 4.05. The van der Waals surface area contributed by atoms with E-state index in [0.29, 0.717) is 11.0 Å². The molecule has 0 bridgehead atoms. The first-order chi connectivity index (χ1) is 11.7. The summed E-state index contributed by atoms with van der Waals surface area (Å²) in [5.41, 5.74) is 2.94. The lowest BCUT2D eigenvalue weighted by atomic mass is 9.86. The van der Waals surface area contributed by atoms with Gasteiger partial charge in [-0.05, 0) is 23.1 Å². The van der Waals surface area contributed by atoms with Crippen LogP contribution in [0.2, 0.25) is 0 Å². The van der Waals surface area contributed by atoms with Crippen molar-refractivity contribution in [1.29, 1.82) is 0 Å². The molecule has 0 radical (unpaired) electrons. The van der Waals surface area contributed by atoms with Crippen LogP contribution in [0.25, 0.3) is 11.0 Å². The van der Waals surface area contributed by atoms with Crippen LogP contribution in [0.4, 0.5) is 5.13 Å². The Morgan fingerprint density at radius 2 is 2.04 bits per heavy atom. The maximum atomic E-state index is 12.4. The van der Waals surface area contributed by atoms with Gasteiger partial charge in [-0.1, -0.05) is 52.0 Å². The summed E-state index contributed by atoms with van der Waals surface area (Å²) in [6.45, 7) is 10.6. The Morgan fingerprint density at radius 1 is 1.28 bits per heavy atom. The van der Waals surface area contributed by atoms with E-state index in [1.165, 1.54) is 16.9 Å². The van der Waals surface area contributed by atoms with Gasteiger partial charge in [-0.25, -0.2) is 0 Å². The fraction of sp³-hybridized carbons (Fsp3) is 0.421. The summed E-state index contributed by atoms with van der Waals surface area (Å²) < 4.78 is 5.60. The molecule has 0 aliphatic rings. The van der Waals surface area contributed by atoms with E-state index >= 15 is 0 Å². The molecule has 3 rings (SSSR count). The van der Waals surface area contributed by atoms with Crippen molar-refractivity contribution in [3.63, 3.8) is 0 Å². The summed E-state index contributed by atoms with van der Waals surface area (Å²) in [6.07, 6.45) is 1.91. The van der Waals surface area contributed by atoms with Crippen molar-refractivity contribution in [2.75, 3.05) is 5.32 Å². The number of hydrogen-bond acceptors (Lipinski definition) is 5. The summed E-state index contributed by atoms with van der Waals surface area (Å²) in [7, 11) is 0. The third kappa shape index (κ3) is 3.90. The highest BCUT2D eigenvalue weighted by molar-refractivity contribution is 7.15. The summed E-state index contributed by atoms with van der Waals surface area (Å²) in [4.78, 5) is 12.4. The summed E-state index contributed by atoms with van der Waals surface area (Å²) in [5.74, 6) is 0.187. The third-order valence-corrected chi connectivity index (χ3v) is 5.19. The molecule has 0 aliphatic heterocycles. The normalized spacial score (nSPS) is 12.1. The second-order valence-electron chi connectivity index (χ2n) is 7.55. The van der Waals surface area contributed by atoms with E-state index < -0.39 is 0 Å². The number of carbonyl (C=O) groups is 1. The predicted molar refractivity (Wildman–Crippen MR) is 101 cm³/mol. The molecule has 2 heterocycles. The van der Waals surface area contributed by atoms with E-state index in [2.05, 4.69) is 62.3 Å². The minimum atomic E-state index is -0.115. The molecule has 132 valence electrons. The highest BCUT2D eigenvalue weighted by Crippen LogP contribution is 2.29. The molecule has 0 atom stereocenters. The van der Waals surface area contributed by atoms with Gasteiger partial charge in [0.25, 0.3) is 0 Å². The van der Waals surface area contributed by atoms with Crippen molar-refractivity contribution in [3.8, 4) is 0 Å². The molecule has 3 aromatic rings. The Bertz CT molecular complexity index is 903. The van der Waals surface area contributed by atoms with Crippen LogP contribution in [0.5, 0.6) is 0 Å². The highest BCUT2D eigenvalue weighted by atomic mass is 32.1. The predicted octanol–water partition coefficient (Wildman–Crippen LogP) is 4.89. The molecule has 6 heteroatoms. The Balaban J connectivity index is 1.78. The zero-order chi connectivity index (χ0) is 18.2. The molecular formula is C19H23N3O2S. The number of rotatable bonds is 4. The first-order valence-electron chi connectivity index (χ1n) is 8.38. The minimum absolute atomic E-state index is 0.0464. The minimum Gasteiger partial charge on any atom is -0.464 e. The Hall–Kier alpha value is -2.21. The average molecular weight is 357 g/mol. The van der Waals surface area contributed by atoms with Crippen LogP contribution in [0, 0.1) is 0 Å². The molecule has 0 fully saturated rings. The smallest absolute Gasteiger partial charge is 0.230 e. The molecule has 0 aliphatic carbocycles. The molecule has 5 nitrogen and oxygen atoms in total. The maximum absolute atomic E-state index is 12.4. The van der Waals surface area contributed by atoms with Gasteiger partial charge in [-0.3, -0.25) is 4.79 Å². The van der Waals surface area contributed by atoms with E-state index in [9.17, 15) is 4.79 Å². The molecule has 0 saturated carbocycles. The number of carbonyl (C=O) groups excluding carboxylic acids is 1. The number of furan rings is 1. The first-order valence-corrected chi connectivity index (χ1v) is 9.19. The van der Waals surface area contributed by atoms with Crippen molar-refractivity contribution >= 4 is 33.3 Å². The molecule has 1 N–H and O–H groups in total. The van der Waals surface area contributed by atoms with E-state index in [1.54, 1.807) is 6.26 Å². The standard InChI is InChI=1S/C19H23N3O2S/c1-11(2)17-21-22-18(25-17)20-16(23)8-12-10-24-15-7-6-13(9-14(12)15)19(3,4)5/h6-7,9-11H,8H2,1-5H3,(H,20,22,23). The Morgan fingerprint density at radius 3 is 2.68 bits per heavy atom. The van der Waals surface area contributed by atoms with Gasteiger partial charge in [-0.2, -0.15) is 0 Å². The van der Waals surface area contributed by atoms with Crippen LogP contribution < -0.4 is 5.32 Å². The lowest BCUT2D eigenvalue weighted by Gasteiger charge is -2.18. The van der Waals surface area contributed by atoms with Gasteiger partial charge in [0.05, 0.1) is 12.7 Å². The van der Waals surface area contributed by atoms with Gasteiger partial charge in [0.2, 0.25) is 11.0 Å². The molecular weight excluding hydrogens is 334 g/mol. The largest absolute Gasteiger partial charge is 0.464 e. The van der Waals surface area contributed by atoms with Crippen LogP contribution >= 0.6 is 11.3 Å². The number of anilines is 1. The molecule has 1 amide bonds. The van der Waals surface area contributed by atoms with Crippen molar-refractivity contribution in [2.24, 2.45) is 0 Å². The van der Waals surface area contributed by atoms with E-state index in [0.717, 1.165) is 21.5 Å². The van der Waals surface area contributed by atoms with E-state index in [1.807, 2.05) is 6.07 Å². The summed E-state index contributed by atoms with van der Waals surface area (Å²) in [6, 6.07) is 6.16. The van der Waals surface area contributed by atoms with Crippen molar-refractivity contribution in [3.05, 3.63) is 40.6 Å². The first kappa shape index (κ1) is 17.6. The molecule has 0 saturated heterocycles. The monoisotopic (exact) mass is 357 g/mol. The van der Waals surface area contributed by atoms with Gasteiger partial charge in [-0.15, -0.1) is 10.2 Å². The number of fused-ring (bicyclic) bond motifs is 1. The quantitative estimate of drug-likeness (QED) is 0.722. The van der Waals surface area contributed by atoms with Crippen molar-refractivity contribution < 1.29 is 9.21 Å². The Kier molecular flexibility index (Phi) is 4.64. The fourth-order valence-corrected chi connectivity index (χ4v) is 3.30. The zero-order valence-electron chi connectivity index (χ0n) is 15.2. The lowest BCUT2D eigenvalue weighted by molar-refractivity contribution is -0.115. The number of nitrogens with one attached hydrogen (secondary N) is 1. The maximum Gasteiger partial charge on any atom is 0.230 e. The lowest BCUT2D eigenvalue weighted by Crippen LogP contribution is -2.14. The van der Waals surface area contributed by atoms with Gasteiger partial charge >= 0.3 is 0 Å². The van der Waals surface area contributed by atoms with Crippen molar-refractivity contribution in [2.45, 2.75) is 52.4 Å². The van der Waals surface area contributed by atoms with E-state index in [4.69, 9.17) is 4.42 Å². The summed E-state index contributed by atoms with van der Waals surface area (Å²) in [5, 5.41) is 13.4. The Labute approximate surface area is 151 Å². The number of aromatic nitrogens is 2. The van der Waals surface area contributed by atoms with Gasteiger partial charge < -0.3 is 9.73 Å². The molecule has 1 aromatic carbocycles. The van der Waals surface area contributed by atoms with Crippen LogP contribution in [0.15, 0.2) is 28.9 Å². The number of benzene rings is 1.